The molecule has 0 fully saturated rings. The van der Waals surface area contributed by atoms with Crippen LogP contribution in [0.1, 0.15) is 50.6 Å². The van der Waals surface area contributed by atoms with E-state index < -0.39 is 5.97 Å². The van der Waals surface area contributed by atoms with E-state index in [0.717, 1.165) is 27.7 Å². The number of aliphatic carboxylic acids is 1. The zero-order valence-electron chi connectivity index (χ0n) is 20.7. The number of carboxylic acid groups (broad SMARTS) is 1. The Morgan fingerprint density at radius 1 is 1.03 bits per heavy atom. The molecule has 0 saturated carbocycles. The van der Waals surface area contributed by atoms with Gasteiger partial charge in [0.1, 0.15) is 23.8 Å². The summed E-state index contributed by atoms with van der Waals surface area (Å²) in [6.45, 7) is 8.60. The van der Waals surface area contributed by atoms with Crippen molar-refractivity contribution < 1.29 is 19.7 Å². The first-order chi connectivity index (χ1) is 16.9. The number of aromatic hydroxyl groups is 1. The van der Waals surface area contributed by atoms with Crippen molar-refractivity contribution in [3.63, 3.8) is 0 Å². The van der Waals surface area contributed by atoms with Gasteiger partial charge >= 0.3 is 5.97 Å². The Balaban J connectivity index is 0.00000167. The minimum absolute atomic E-state index is 0.105. The van der Waals surface area contributed by atoms with Gasteiger partial charge in [-0.15, -0.1) is 0 Å². The van der Waals surface area contributed by atoms with Gasteiger partial charge in [-0.05, 0) is 55.3 Å². The van der Waals surface area contributed by atoms with Gasteiger partial charge in [0.2, 0.25) is 0 Å². The highest BCUT2D eigenvalue weighted by Gasteiger charge is 2.16. The van der Waals surface area contributed by atoms with Crippen LogP contribution in [0.3, 0.4) is 0 Å². The highest BCUT2D eigenvalue weighted by Crippen LogP contribution is 2.31. The third-order valence-corrected chi connectivity index (χ3v) is 5.58. The van der Waals surface area contributed by atoms with Gasteiger partial charge in [-0.3, -0.25) is 9.48 Å². The Labute approximate surface area is 205 Å². The first-order valence-corrected chi connectivity index (χ1v) is 11.8. The summed E-state index contributed by atoms with van der Waals surface area (Å²) in [5, 5.41) is 24.9. The van der Waals surface area contributed by atoms with Gasteiger partial charge < -0.3 is 20.7 Å². The average molecular weight is 476 g/mol. The summed E-state index contributed by atoms with van der Waals surface area (Å²) in [5.74, 6) is -0.186. The summed E-state index contributed by atoms with van der Waals surface area (Å²) in [5.41, 5.74) is 10.8. The summed E-state index contributed by atoms with van der Waals surface area (Å²) in [7, 11) is 0. The molecule has 0 aliphatic heterocycles. The van der Waals surface area contributed by atoms with Crippen LogP contribution in [-0.2, 0) is 24.4 Å². The maximum absolute atomic E-state index is 11.2. The molecule has 1 heterocycles. The number of hydrogen-bond donors (Lipinski definition) is 3. The minimum Gasteiger partial charge on any atom is -0.508 e. The molecule has 4 rings (SSSR count). The molecule has 1 aromatic heterocycles. The van der Waals surface area contributed by atoms with E-state index in [4.69, 9.17) is 15.6 Å². The molecule has 0 amide bonds. The number of para-hydroxylation sites is 1. The van der Waals surface area contributed by atoms with E-state index in [2.05, 4.69) is 19.9 Å². The molecule has 0 unspecified atom stereocenters. The van der Waals surface area contributed by atoms with Gasteiger partial charge in [-0.1, -0.05) is 44.2 Å². The Morgan fingerprint density at radius 3 is 2.40 bits per heavy atom. The van der Waals surface area contributed by atoms with Crippen molar-refractivity contribution in [2.24, 2.45) is 5.73 Å². The Kier molecular flexibility index (Phi) is 8.49. The standard InChI is InChI=1S/C26H27N3O4.C2H6/c1-16(2)29-23-9-7-18(17-8-10-24(30)20(11-17)14-27)12-21(23)22(28-29)15-33-25-6-4-3-5-19(25)13-26(31)32;1-2/h3-12,16,30H,13-15,27H2,1-2H3,(H,31,32);1-2H3. The zero-order chi connectivity index (χ0) is 25.5. The molecule has 0 saturated heterocycles. The number of phenolic OH excluding ortho intramolecular Hbond substituents is 1. The van der Waals surface area contributed by atoms with Gasteiger partial charge in [0.05, 0.1) is 11.9 Å². The van der Waals surface area contributed by atoms with Gasteiger partial charge in [-0.2, -0.15) is 5.10 Å². The van der Waals surface area contributed by atoms with E-state index in [1.807, 2.05) is 48.9 Å². The number of fused-ring (bicyclic) bond motifs is 1. The van der Waals surface area contributed by atoms with Crippen molar-refractivity contribution in [2.45, 2.75) is 53.3 Å². The number of nitrogens with two attached hydrogens (primary N) is 1. The lowest BCUT2D eigenvalue weighted by Gasteiger charge is -2.10. The first kappa shape index (κ1) is 25.8. The number of benzene rings is 3. The van der Waals surface area contributed by atoms with Crippen LogP contribution in [0.2, 0.25) is 0 Å². The second-order valence-electron chi connectivity index (χ2n) is 8.23. The van der Waals surface area contributed by atoms with E-state index in [9.17, 15) is 15.0 Å². The first-order valence-electron chi connectivity index (χ1n) is 11.8. The number of rotatable bonds is 8. The predicted molar refractivity (Wildman–Crippen MR) is 139 cm³/mol. The summed E-state index contributed by atoms with van der Waals surface area (Å²) in [6.07, 6.45) is -0.105. The second-order valence-corrected chi connectivity index (χ2v) is 8.23. The molecule has 0 atom stereocenters. The topological polar surface area (TPSA) is 111 Å². The summed E-state index contributed by atoms with van der Waals surface area (Å²) in [4.78, 5) is 11.2. The molecule has 7 nitrogen and oxygen atoms in total. The average Bonchev–Trinajstić information content (AvgIpc) is 3.23. The number of ether oxygens (including phenoxy) is 1. The molecule has 0 spiro atoms. The molecule has 7 heteroatoms. The lowest BCUT2D eigenvalue weighted by molar-refractivity contribution is -0.136. The number of carbonyl (C=O) groups is 1. The lowest BCUT2D eigenvalue weighted by atomic mass is 10.0. The van der Waals surface area contributed by atoms with Crippen LogP contribution < -0.4 is 10.5 Å². The fraction of sp³-hybridized carbons (Fsp3) is 0.286. The van der Waals surface area contributed by atoms with Crippen molar-refractivity contribution in [3.8, 4) is 22.6 Å². The van der Waals surface area contributed by atoms with E-state index >= 15 is 0 Å². The fourth-order valence-corrected chi connectivity index (χ4v) is 3.91. The quantitative estimate of drug-likeness (QED) is 0.302. The smallest absolute Gasteiger partial charge is 0.307 e. The zero-order valence-corrected chi connectivity index (χ0v) is 20.7. The molecule has 0 radical (unpaired) electrons. The van der Waals surface area contributed by atoms with Gasteiger partial charge in [0.25, 0.3) is 0 Å². The molecule has 3 aromatic carbocycles. The third-order valence-electron chi connectivity index (χ3n) is 5.58. The third kappa shape index (κ3) is 5.81. The molecular formula is C28H33N3O4. The number of hydrogen-bond acceptors (Lipinski definition) is 5. The Bertz CT molecular complexity index is 1310. The molecule has 0 aliphatic rings. The van der Waals surface area contributed by atoms with E-state index in [0.29, 0.717) is 16.9 Å². The van der Waals surface area contributed by atoms with Crippen LogP contribution in [0.25, 0.3) is 22.0 Å². The molecule has 4 aromatic rings. The number of aromatic nitrogens is 2. The van der Waals surface area contributed by atoms with Crippen LogP contribution in [0.15, 0.2) is 60.7 Å². The SMILES string of the molecule is CC.CC(C)n1nc(COc2ccccc2CC(=O)O)c2cc(-c3ccc(O)c(CN)c3)ccc21. The van der Waals surface area contributed by atoms with E-state index in [1.54, 1.807) is 24.3 Å². The van der Waals surface area contributed by atoms with Gasteiger partial charge in [0, 0.05) is 29.1 Å². The van der Waals surface area contributed by atoms with Crippen molar-refractivity contribution >= 4 is 16.9 Å². The molecular weight excluding hydrogens is 442 g/mol. The summed E-state index contributed by atoms with van der Waals surface area (Å²) in [6, 6.07) is 18.8. The summed E-state index contributed by atoms with van der Waals surface area (Å²) < 4.78 is 8.00. The van der Waals surface area contributed by atoms with Crippen LogP contribution in [0.5, 0.6) is 11.5 Å². The molecule has 35 heavy (non-hydrogen) atoms. The minimum atomic E-state index is -0.907. The van der Waals surface area contributed by atoms with Gasteiger partial charge in [0.15, 0.2) is 0 Å². The molecule has 0 bridgehead atoms. The number of phenols is 1. The highest BCUT2D eigenvalue weighted by atomic mass is 16.5. The van der Waals surface area contributed by atoms with E-state index in [1.165, 1.54) is 0 Å². The van der Waals surface area contributed by atoms with Crippen LogP contribution in [0.4, 0.5) is 0 Å². The second kappa shape index (κ2) is 11.5. The highest BCUT2D eigenvalue weighted by molar-refractivity contribution is 5.87. The van der Waals surface area contributed by atoms with Crippen LogP contribution in [0, 0.1) is 0 Å². The largest absolute Gasteiger partial charge is 0.508 e. The van der Waals surface area contributed by atoms with E-state index in [-0.39, 0.29) is 31.4 Å². The van der Waals surface area contributed by atoms with Crippen molar-refractivity contribution in [2.75, 3.05) is 0 Å². The van der Waals surface area contributed by atoms with Crippen LogP contribution >= 0.6 is 0 Å². The van der Waals surface area contributed by atoms with Crippen molar-refractivity contribution in [3.05, 3.63) is 77.5 Å². The Hall–Kier alpha value is -3.84. The number of carboxylic acids is 1. The molecule has 0 aliphatic carbocycles. The van der Waals surface area contributed by atoms with Crippen molar-refractivity contribution in [1.82, 2.24) is 9.78 Å². The van der Waals surface area contributed by atoms with Gasteiger partial charge in [-0.25, -0.2) is 0 Å². The normalized spacial score (nSPS) is 10.8. The maximum Gasteiger partial charge on any atom is 0.307 e. The van der Waals surface area contributed by atoms with Crippen molar-refractivity contribution in [1.29, 1.82) is 0 Å². The number of nitrogens with zero attached hydrogens (tertiary/aromatic N) is 2. The predicted octanol–water partition coefficient (Wildman–Crippen LogP) is 5.68. The van der Waals surface area contributed by atoms with Crippen LogP contribution in [-0.4, -0.2) is 26.0 Å². The lowest BCUT2D eigenvalue weighted by Crippen LogP contribution is -2.06. The molecule has 4 N–H and O–H groups in total. The maximum atomic E-state index is 11.2. The molecule has 184 valence electrons. The monoisotopic (exact) mass is 475 g/mol. The summed E-state index contributed by atoms with van der Waals surface area (Å²) >= 11 is 0. The fourth-order valence-electron chi connectivity index (χ4n) is 3.91. The Morgan fingerprint density at radius 2 is 1.71 bits per heavy atom.